The summed E-state index contributed by atoms with van der Waals surface area (Å²) in [6.07, 6.45) is -1.59. The lowest BCUT2D eigenvalue weighted by Crippen LogP contribution is -2.32. The first-order valence-corrected chi connectivity index (χ1v) is 11.9. The summed E-state index contributed by atoms with van der Waals surface area (Å²) in [5.41, 5.74) is 0. The quantitative estimate of drug-likeness (QED) is 0.177. The lowest BCUT2D eigenvalue weighted by atomic mass is 10.3. The molecule has 0 heterocycles. The van der Waals surface area contributed by atoms with Gasteiger partial charge in [0.15, 0.2) is 6.10 Å². The van der Waals surface area contributed by atoms with Crippen LogP contribution >= 0.6 is 0 Å². The minimum atomic E-state index is -0.676. The molecule has 0 amide bonds. The Labute approximate surface area is 209 Å². The molecule has 0 saturated carbocycles. The van der Waals surface area contributed by atoms with E-state index in [0.717, 1.165) is 0 Å². The van der Waals surface area contributed by atoms with Crippen LogP contribution < -0.4 is 0 Å². The molecule has 35 heavy (non-hydrogen) atoms. The SMILES string of the molecule is CC(=O)OCC(C)OCC(C)OCC(C)OCC(C)OCC(C)OCC(COC(C)=O)OC(C)=O. The van der Waals surface area contributed by atoms with Crippen molar-refractivity contribution >= 4 is 17.9 Å². The molecule has 0 bridgehead atoms. The predicted octanol–water partition coefficient (Wildman–Crippen LogP) is 2.07. The average molecular weight is 509 g/mol. The molecule has 0 aliphatic heterocycles. The van der Waals surface area contributed by atoms with Crippen molar-refractivity contribution in [3.8, 4) is 0 Å². The van der Waals surface area contributed by atoms with Crippen LogP contribution in [0.25, 0.3) is 0 Å². The third-order valence-electron chi connectivity index (χ3n) is 4.35. The molecule has 0 rings (SSSR count). The molecule has 0 N–H and O–H groups in total. The van der Waals surface area contributed by atoms with Gasteiger partial charge in [0.05, 0.1) is 63.6 Å². The van der Waals surface area contributed by atoms with E-state index in [2.05, 4.69) is 0 Å². The summed E-state index contributed by atoms with van der Waals surface area (Å²) >= 11 is 0. The molecule has 6 atom stereocenters. The van der Waals surface area contributed by atoms with Crippen LogP contribution in [0.1, 0.15) is 55.4 Å². The predicted molar refractivity (Wildman–Crippen MR) is 126 cm³/mol. The minimum absolute atomic E-state index is 0.0647. The van der Waals surface area contributed by atoms with Crippen LogP contribution in [0.5, 0.6) is 0 Å². The van der Waals surface area contributed by atoms with Crippen molar-refractivity contribution in [3.63, 3.8) is 0 Å². The normalized spacial score (nSPS) is 16.5. The van der Waals surface area contributed by atoms with Crippen LogP contribution in [0.2, 0.25) is 0 Å². The van der Waals surface area contributed by atoms with Crippen molar-refractivity contribution < 1.29 is 52.3 Å². The first-order valence-electron chi connectivity index (χ1n) is 11.9. The molecule has 11 heteroatoms. The maximum atomic E-state index is 11.2. The second-order valence-corrected chi connectivity index (χ2v) is 8.56. The lowest BCUT2D eigenvalue weighted by molar-refractivity contribution is -0.162. The maximum Gasteiger partial charge on any atom is 0.303 e. The van der Waals surface area contributed by atoms with E-state index >= 15 is 0 Å². The van der Waals surface area contributed by atoms with Gasteiger partial charge in [0.2, 0.25) is 0 Å². The van der Waals surface area contributed by atoms with E-state index < -0.39 is 18.0 Å². The molecule has 0 aliphatic rings. The molecule has 0 fully saturated rings. The van der Waals surface area contributed by atoms with E-state index in [1.165, 1.54) is 20.8 Å². The molecule has 0 aromatic rings. The zero-order valence-electron chi connectivity index (χ0n) is 22.4. The molecule has 206 valence electrons. The molecule has 0 radical (unpaired) electrons. The Morgan fingerprint density at radius 1 is 0.457 bits per heavy atom. The number of esters is 3. The van der Waals surface area contributed by atoms with Gasteiger partial charge in [-0.2, -0.15) is 0 Å². The van der Waals surface area contributed by atoms with Gasteiger partial charge in [-0.1, -0.05) is 0 Å². The summed E-state index contributed by atoms with van der Waals surface area (Å²) in [6, 6.07) is 0. The standard InChI is InChI=1S/C24H44O11/c1-16(9-29-18(3)11-31-20(5)13-33-21(6)25)28-10-17(2)30-12-19(4)32-14-24(35-23(8)27)15-34-22(7)26/h16-20,24H,9-15H2,1-8H3. The number of hydrogen-bond acceptors (Lipinski definition) is 11. The van der Waals surface area contributed by atoms with Gasteiger partial charge in [0.1, 0.15) is 13.2 Å². The van der Waals surface area contributed by atoms with Gasteiger partial charge in [-0.05, 0) is 34.6 Å². The van der Waals surface area contributed by atoms with Crippen LogP contribution in [0.3, 0.4) is 0 Å². The second kappa shape index (κ2) is 19.4. The van der Waals surface area contributed by atoms with E-state index in [-0.39, 0.29) is 56.3 Å². The smallest absolute Gasteiger partial charge is 0.303 e. The Balaban J connectivity index is 4.02. The Bertz CT molecular complexity index is 598. The number of carbonyl (C=O) groups excluding carboxylic acids is 3. The summed E-state index contributed by atoms with van der Waals surface area (Å²) in [4.78, 5) is 33.0. The minimum Gasteiger partial charge on any atom is -0.463 e. The highest BCUT2D eigenvalue weighted by Crippen LogP contribution is 2.05. The highest BCUT2D eigenvalue weighted by atomic mass is 16.6. The zero-order chi connectivity index (χ0) is 26.8. The van der Waals surface area contributed by atoms with Crippen LogP contribution in [0.15, 0.2) is 0 Å². The Hall–Kier alpha value is -1.79. The number of rotatable bonds is 20. The number of ether oxygens (including phenoxy) is 8. The van der Waals surface area contributed by atoms with E-state index in [1.54, 1.807) is 0 Å². The second-order valence-electron chi connectivity index (χ2n) is 8.56. The van der Waals surface area contributed by atoms with Gasteiger partial charge < -0.3 is 37.9 Å². The molecule has 6 unspecified atom stereocenters. The van der Waals surface area contributed by atoms with Gasteiger partial charge in [-0.15, -0.1) is 0 Å². The van der Waals surface area contributed by atoms with E-state index in [0.29, 0.717) is 26.4 Å². The fourth-order valence-corrected chi connectivity index (χ4v) is 2.51. The number of carbonyl (C=O) groups is 3. The number of hydrogen-bond donors (Lipinski definition) is 0. The molecule has 0 aromatic carbocycles. The van der Waals surface area contributed by atoms with Crippen molar-refractivity contribution in [2.75, 3.05) is 46.2 Å². The van der Waals surface area contributed by atoms with Crippen molar-refractivity contribution in [1.82, 2.24) is 0 Å². The third-order valence-corrected chi connectivity index (χ3v) is 4.35. The molecule has 0 aromatic heterocycles. The van der Waals surface area contributed by atoms with Crippen molar-refractivity contribution in [2.45, 2.75) is 92.0 Å². The largest absolute Gasteiger partial charge is 0.463 e. The van der Waals surface area contributed by atoms with Gasteiger partial charge in [-0.25, -0.2) is 0 Å². The van der Waals surface area contributed by atoms with Crippen LogP contribution in [0.4, 0.5) is 0 Å². The van der Waals surface area contributed by atoms with Gasteiger partial charge in [-0.3, -0.25) is 14.4 Å². The Kier molecular flexibility index (Phi) is 18.4. The molecule has 0 aliphatic carbocycles. The topological polar surface area (TPSA) is 125 Å². The average Bonchev–Trinajstić information content (AvgIpc) is 2.78. The van der Waals surface area contributed by atoms with Gasteiger partial charge in [0, 0.05) is 20.8 Å². The van der Waals surface area contributed by atoms with Crippen LogP contribution in [0, 0.1) is 0 Å². The van der Waals surface area contributed by atoms with Crippen LogP contribution in [-0.4, -0.2) is 101 Å². The van der Waals surface area contributed by atoms with Crippen molar-refractivity contribution in [2.24, 2.45) is 0 Å². The van der Waals surface area contributed by atoms with Crippen LogP contribution in [-0.2, 0) is 52.3 Å². The molecule has 0 saturated heterocycles. The monoisotopic (exact) mass is 508 g/mol. The summed E-state index contributed by atoms with van der Waals surface area (Å²) in [5.74, 6) is -1.27. The molecule has 11 nitrogen and oxygen atoms in total. The van der Waals surface area contributed by atoms with Gasteiger partial charge >= 0.3 is 17.9 Å². The van der Waals surface area contributed by atoms with Gasteiger partial charge in [0.25, 0.3) is 0 Å². The van der Waals surface area contributed by atoms with E-state index in [1.807, 2.05) is 34.6 Å². The molecular weight excluding hydrogens is 464 g/mol. The zero-order valence-corrected chi connectivity index (χ0v) is 22.4. The fraction of sp³-hybridized carbons (Fsp3) is 0.875. The summed E-state index contributed by atoms with van der Waals surface area (Å²) in [5, 5.41) is 0. The third kappa shape index (κ3) is 21.2. The molecule has 0 spiro atoms. The maximum absolute atomic E-state index is 11.2. The summed E-state index contributed by atoms with van der Waals surface area (Å²) < 4.78 is 43.4. The van der Waals surface area contributed by atoms with Crippen molar-refractivity contribution in [1.29, 1.82) is 0 Å². The first-order chi connectivity index (χ1) is 16.4. The lowest BCUT2D eigenvalue weighted by Gasteiger charge is -2.23. The highest BCUT2D eigenvalue weighted by Gasteiger charge is 2.17. The van der Waals surface area contributed by atoms with Crippen molar-refractivity contribution in [3.05, 3.63) is 0 Å². The van der Waals surface area contributed by atoms with E-state index in [9.17, 15) is 14.4 Å². The fourth-order valence-electron chi connectivity index (χ4n) is 2.51. The Morgan fingerprint density at radius 3 is 1.11 bits per heavy atom. The molecular formula is C24H44O11. The van der Waals surface area contributed by atoms with E-state index in [4.69, 9.17) is 37.9 Å². The summed E-state index contributed by atoms with van der Waals surface area (Å²) in [7, 11) is 0. The first kappa shape index (κ1) is 33.2. The highest BCUT2D eigenvalue weighted by molar-refractivity contribution is 5.67. The Morgan fingerprint density at radius 2 is 0.771 bits per heavy atom. The summed E-state index contributed by atoms with van der Waals surface area (Å²) in [6.45, 7) is 15.0.